The van der Waals surface area contributed by atoms with Gasteiger partial charge >= 0.3 is 11.7 Å². The summed E-state index contributed by atoms with van der Waals surface area (Å²) in [5.41, 5.74) is -1.04. The SMILES string of the molecule is CC(=O)OCn1cc(C(O[SiH](C)C)C(C)(C)C)c(=O)[nH]c1=O. The zero-order chi connectivity index (χ0) is 17.1. The van der Waals surface area contributed by atoms with Gasteiger partial charge in [-0.3, -0.25) is 19.1 Å². The Morgan fingerprint density at radius 2 is 1.95 bits per heavy atom. The second kappa shape index (κ2) is 7.06. The molecule has 8 heteroatoms. The molecule has 1 aromatic rings. The molecule has 7 nitrogen and oxygen atoms in total. The zero-order valence-corrected chi connectivity index (χ0v) is 15.1. The normalized spacial score (nSPS) is 13.2. The van der Waals surface area contributed by atoms with E-state index in [-0.39, 0.29) is 12.1 Å². The Labute approximate surface area is 131 Å². The van der Waals surface area contributed by atoms with Crippen LogP contribution < -0.4 is 11.2 Å². The van der Waals surface area contributed by atoms with Crippen LogP contribution in [0.5, 0.6) is 0 Å². The van der Waals surface area contributed by atoms with Crippen molar-refractivity contribution >= 4 is 15.0 Å². The van der Waals surface area contributed by atoms with E-state index in [1.807, 2.05) is 33.9 Å². The topological polar surface area (TPSA) is 90.4 Å². The number of carbonyl (C=O) groups is 1. The Morgan fingerprint density at radius 3 is 2.41 bits per heavy atom. The molecule has 0 saturated carbocycles. The first-order chi connectivity index (χ1) is 10.0. The molecule has 1 atom stereocenters. The summed E-state index contributed by atoms with van der Waals surface area (Å²) in [6.07, 6.45) is 0.976. The Bertz CT molecular complexity index is 642. The molecule has 0 aliphatic rings. The second-order valence-corrected chi connectivity index (χ2v) is 8.88. The number of rotatable bonds is 5. The molecule has 124 valence electrons. The quantitative estimate of drug-likeness (QED) is 0.647. The average Bonchev–Trinajstić information content (AvgIpc) is 2.33. The minimum Gasteiger partial charge on any atom is -0.444 e. The fourth-order valence-corrected chi connectivity index (χ4v) is 3.08. The Morgan fingerprint density at radius 1 is 1.36 bits per heavy atom. The van der Waals surface area contributed by atoms with Gasteiger partial charge < -0.3 is 9.16 Å². The summed E-state index contributed by atoms with van der Waals surface area (Å²) in [5, 5.41) is 0. The van der Waals surface area contributed by atoms with Crippen molar-refractivity contribution in [3.63, 3.8) is 0 Å². The summed E-state index contributed by atoms with van der Waals surface area (Å²) in [6, 6.07) is 0. The highest BCUT2D eigenvalue weighted by molar-refractivity contribution is 6.48. The van der Waals surface area contributed by atoms with E-state index in [1.165, 1.54) is 13.1 Å². The van der Waals surface area contributed by atoms with E-state index in [1.54, 1.807) is 0 Å². The third-order valence-corrected chi connectivity index (χ3v) is 3.74. The number of nitrogens with one attached hydrogen (secondary N) is 1. The molecule has 0 radical (unpaired) electrons. The van der Waals surface area contributed by atoms with Crippen LogP contribution in [-0.4, -0.2) is 24.6 Å². The lowest BCUT2D eigenvalue weighted by molar-refractivity contribution is -0.144. The number of hydrogen-bond acceptors (Lipinski definition) is 5. The lowest BCUT2D eigenvalue weighted by Crippen LogP contribution is -2.37. The highest BCUT2D eigenvalue weighted by Gasteiger charge is 2.30. The predicted molar refractivity (Wildman–Crippen MR) is 85.2 cm³/mol. The van der Waals surface area contributed by atoms with Crippen LogP contribution in [0.25, 0.3) is 0 Å². The van der Waals surface area contributed by atoms with Crippen molar-refractivity contribution in [3.8, 4) is 0 Å². The molecule has 1 N–H and O–H groups in total. The number of nitrogens with zero attached hydrogens (tertiary/aromatic N) is 1. The van der Waals surface area contributed by atoms with Gasteiger partial charge in [0.2, 0.25) is 0 Å². The van der Waals surface area contributed by atoms with E-state index in [0.29, 0.717) is 5.56 Å². The van der Waals surface area contributed by atoms with Crippen LogP contribution in [-0.2, 0) is 20.7 Å². The summed E-state index contributed by atoms with van der Waals surface area (Å²) in [7, 11) is -1.40. The van der Waals surface area contributed by atoms with Gasteiger partial charge in [-0.15, -0.1) is 0 Å². The Balaban J connectivity index is 3.31. The van der Waals surface area contributed by atoms with Gasteiger partial charge in [0.25, 0.3) is 5.56 Å². The van der Waals surface area contributed by atoms with Gasteiger partial charge in [0.05, 0.1) is 11.7 Å². The third-order valence-electron chi connectivity index (χ3n) is 2.92. The number of hydrogen-bond donors (Lipinski definition) is 1. The maximum atomic E-state index is 12.2. The highest BCUT2D eigenvalue weighted by atomic mass is 28.3. The van der Waals surface area contributed by atoms with Crippen molar-refractivity contribution < 1.29 is 14.0 Å². The van der Waals surface area contributed by atoms with Gasteiger partial charge in [0.1, 0.15) is 0 Å². The van der Waals surface area contributed by atoms with E-state index in [2.05, 4.69) is 4.98 Å². The van der Waals surface area contributed by atoms with Crippen LogP contribution in [0.15, 0.2) is 15.8 Å². The smallest absolute Gasteiger partial charge is 0.331 e. The first-order valence-corrected chi connectivity index (χ1v) is 9.93. The molecule has 0 amide bonds. The second-order valence-electron chi connectivity index (χ2n) is 6.51. The number of aromatic nitrogens is 2. The van der Waals surface area contributed by atoms with Gasteiger partial charge in [-0.1, -0.05) is 20.8 Å². The number of esters is 1. The molecule has 1 aromatic heterocycles. The average molecular weight is 328 g/mol. The van der Waals surface area contributed by atoms with Crippen LogP contribution in [0.4, 0.5) is 0 Å². The van der Waals surface area contributed by atoms with Crippen molar-refractivity contribution in [2.75, 3.05) is 0 Å². The van der Waals surface area contributed by atoms with Gasteiger partial charge in [-0.05, 0) is 18.5 Å². The highest BCUT2D eigenvalue weighted by Crippen LogP contribution is 2.34. The fourth-order valence-electron chi connectivity index (χ4n) is 1.99. The third kappa shape index (κ3) is 4.95. The summed E-state index contributed by atoms with van der Waals surface area (Å²) in [4.78, 5) is 37.1. The minimum atomic E-state index is -1.40. The van der Waals surface area contributed by atoms with Crippen LogP contribution in [0, 0.1) is 5.41 Å². The summed E-state index contributed by atoms with van der Waals surface area (Å²) in [5.74, 6) is -0.502. The van der Waals surface area contributed by atoms with Gasteiger partial charge in [0, 0.05) is 13.1 Å². The summed E-state index contributed by atoms with van der Waals surface area (Å²) >= 11 is 0. The Hall–Kier alpha value is -1.67. The number of ether oxygens (including phenoxy) is 1. The molecule has 1 heterocycles. The maximum absolute atomic E-state index is 12.2. The van der Waals surface area contributed by atoms with Crippen molar-refractivity contribution in [2.24, 2.45) is 5.41 Å². The molecule has 0 spiro atoms. The molecule has 0 aliphatic heterocycles. The maximum Gasteiger partial charge on any atom is 0.331 e. The first kappa shape index (κ1) is 18.4. The van der Waals surface area contributed by atoms with Crippen molar-refractivity contribution in [1.29, 1.82) is 0 Å². The fraction of sp³-hybridized carbons (Fsp3) is 0.643. The number of aromatic amines is 1. The molecule has 1 rings (SSSR count). The molecular formula is C14H24N2O5Si. The number of H-pyrrole nitrogens is 1. The van der Waals surface area contributed by atoms with Crippen molar-refractivity contribution in [1.82, 2.24) is 9.55 Å². The van der Waals surface area contributed by atoms with Crippen LogP contribution in [0.1, 0.15) is 39.4 Å². The molecular weight excluding hydrogens is 304 g/mol. The molecule has 0 bridgehead atoms. The molecule has 22 heavy (non-hydrogen) atoms. The van der Waals surface area contributed by atoms with Gasteiger partial charge in [0.15, 0.2) is 15.8 Å². The Kier molecular flexibility index (Phi) is 5.90. The van der Waals surface area contributed by atoms with Crippen LogP contribution in [0.3, 0.4) is 0 Å². The largest absolute Gasteiger partial charge is 0.444 e. The van der Waals surface area contributed by atoms with E-state index >= 15 is 0 Å². The minimum absolute atomic E-state index is 0.242. The van der Waals surface area contributed by atoms with Crippen molar-refractivity contribution in [3.05, 3.63) is 32.6 Å². The van der Waals surface area contributed by atoms with Crippen LogP contribution >= 0.6 is 0 Å². The summed E-state index contributed by atoms with van der Waals surface area (Å²) < 4.78 is 12.0. The lowest BCUT2D eigenvalue weighted by atomic mass is 9.86. The monoisotopic (exact) mass is 328 g/mol. The molecule has 0 aromatic carbocycles. The van der Waals surface area contributed by atoms with Crippen LogP contribution in [0.2, 0.25) is 13.1 Å². The molecule has 0 fully saturated rings. The van der Waals surface area contributed by atoms with Gasteiger partial charge in [-0.25, -0.2) is 4.79 Å². The van der Waals surface area contributed by atoms with Gasteiger partial charge in [-0.2, -0.15) is 0 Å². The number of carbonyl (C=O) groups excluding carboxylic acids is 1. The van der Waals surface area contributed by atoms with E-state index in [0.717, 1.165) is 4.57 Å². The molecule has 0 saturated heterocycles. The lowest BCUT2D eigenvalue weighted by Gasteiger charge is -2.32. The van der Waals surface area contributed by atoms with E-state index in [4.69, 9.17) is 9.16 Å². The first-order valence-electron chi connectivity index (χ1n) is 7.15. The standard InChI is InChI=1S/C14H24N2O5Si/c1-9(17)20-8-16-7-10(12(18)15-13(16)19)11(14(2,3)4)21-22(5)6/h7,11,22H,8H2,1-6H3,(H,15,18,19). The predicted octanol–water partition coefficient (Wildman–Crippen LogP) is 1.14. The summed E-state index contributed by atoms with van der Waals surface area (Å²) in [6.45, 7) is 10.9. The molecule has 1 unspecified atom stereocenters. The van der Waals surface area contributed by atoms with E-state index in [9.17, 15) is 14.4 Å². The molecule has 0 aliphatic carbocycles. The van der Waals surface area contributed by atoms with E-state index < -0.39 is 32.4 Å². The zero-order valence-electron chi connectivity index (χ0n) is 13.9. The van der Waals surface area contributed by atoms with Crippen molar-refractivity contribution in [2.45, 2.75) is 53.6 Å².